The Labute approximate surface area is 187 Å². The van der Waals surface area contributed by atoms with E-state index >= 15 is 0 Å². The summed E-state index contributed by atoms with van der Waals surface area (Å²) in [5.41, 5.74) is 3.61. The summed E-state index contributed by atoms with van der Waals surface area (Å²) < 4.78 is 25.1. The number of amides is 1. The maximum Gasteiger partial charge on any atom is 0.252 e. The van der Waals surface area contributed by atoms with Crippen LogP contribution in [0.5, 0.6) is 0 Å². The Balaban J connectivity index is 1.57. The number of hydrogen-bond acceptors (Lipinski definition) is 5. The molecule has 1 N–H and O–H groups in total. The number of pyridine rings is 1. The molecule has 2 aromatic carbocycles. The van der Waals surface area contributed by atoms with E-state index in [1.54, 1.807) is 48.3 Å². The van der Waals surface area contributed by atoms with Crippen LogP contribution in [0.25, 0.3) is 22.3 Å². The first-order valence-electron chi connectivity index (χ1n) is 10.3. The van der Waals surface area contributed by atoms with E-state index in [0.717, 1.165) is 18.4 Å². The number of rotatable bonds is 7. The van der Waals surface area contributed by atoms with E-state index in [1.807, 2.05) is 18.2 Å². The molecule has 1 unspecified atom stereocenters. The van der Waals surface area contributed by atoms with Crippen molar-refractivity contribution in [2.24, 2.45) is 7.05 Å². The second-order valence-electron chi connectivity index (χ2n) is 7.70. The van der Waals surface area contributed by atoms with Gasteiger partial charge in [0, 0.05) is 19.2 Å². The maximum absolute atomic E-state index is 13.0. The molecule has 8 heteroatoms. The molecule has 0 fully saturated rings. The molecule has 0 saturated carbocycles. The first-order chi connectivity index (χ1) is 15.3. The fraction of sp³-hybridized carbons (Fsp3) is 0.208. The number of nitrogens with one attached hydrogen (secondary N) is 1. The van der Waals surface area contributed by atoms with Crippen LogP contribution in [0.3, 0.4) is 0 Å². The molecule has 32 heavy (non-hydrogen) atoms. The third kappa shape index (κ3) is 4.76. The van der Waals surface area contributed by atoms with Crippen LogP contribution in [0.1, 0.15) is 22.3 Å². The van der Waals surface area contributed by atoms with Gasteiger partial charge in [0.05, 0.1) is 33.1 Å². The lowest BCUT2D eigenvalue weighted by Gasteiger charge is -2.11. The molecule has 0 bridgehead atoms. The van der Waals surface area contributed by atoms with Crippen LogP contribution in [-0.2, 0) is 27.9 Å². The van der Waals surface area contributed by atoms with E-state index in [0.29, 0.717) is 28.8 Å². The van der Waals surface area contributed by atoms with Crippen LogP contribution in [0.2, 0.25) is 0 Å². The normalized spacial score (nSPS) is 13.1. The van der Waals surface area contributed by atoms with Gasteiger partial charge in [0.25, 0.3) is 5.91 Å². The highest BCUT2D eigenvalue weighted by molar-refractivity contribution is 7.97. The predicted octanol–water partition coefficient (Wildman–Crippen LogP) is 3.62. The standard InChI is InChI=1S/C24H24N4O3S/c1-28-23-21(16-26-28)20(24(29)25-14-6-9-17-7-4-3-5-8-17)15-22(27-23)18-10-12-19(13-11-18)32(2,30)31/h3-5,7-8,10-13,15-16H,6,9,14H2,1-2H3,(H-,25,29,30,31). The van der Waals surface area contributed by atoms with E-state index < -0.39 is 10.2 Å². The SMILES string of the molecule is Cn1ncc2c(C(=O)NCCCc3ccccc3)cc(-c3ccc([S+](C)(=O)[O-])cc3)nc21. The topological polar surface area (TPSA) is 99.9 Å². The number of nitrogens with zero attached hydrogens (tertiary/aromatic N) is 3. The molecular formula is C24H24N4O3S. The number of fused-ring (bicyclic) bond motifs is 1. The summed E-state index contributed by atoms with van der Waals surface area (Å²) in [4.78, 5) is 17.9. The number of hydrogen-bond donors (Lipinski definition) is 1. The lowest BCUT2D eigenvalue weighted by Crippen LogP contribution is -2.25. The Morgan fingerprint density at radius 1 is 1.12 bits per heavy atom. The summed E-state index contributed by atoms with van der Waals surface area (Å²) in [6, 6.07) is 18.4. The fourth-order valence-corrected chi connectivity index (χ4v) is 4.19. The van der Waals surface area contributed by atoms with Crippen LogP contribution in [0.4, 0.5) is 0 Å². The van der Waals surface area contributed by atoms with Crippen molar-refractivity contribution in [3.05, 3.63) is 78.0 Å². The van der Waals surface area contributed by atoms with Gasteiger partial charge in [0.2, 0.25) is 0 Å². The van der Waals surface area contributed by atoms with E-state index in [-0.39, 0.29) is 10.8 Å². The summed E-state index contributed by atoms with van der Waals surface area (Å²) in [6.45, 7) is 0.552. The highest BCUT2D eigenvalue weighted by Gasteiger charge is 2.17. The smallest absolute Gasteiger partial charge is 0.252 e. The Bertz CT molecular complexity index is 1290. The quantitative estimate of drug-likeness (QED) is 0.344. The van der Waals surface area contributed by atoms with Gasteiger partial charge >= 0.3 is 0 Å². The number of carbonyl (C=O) groups is 1. The van der Waals surface area contributed by atoms with Crippen molar-refractivity contribution in [1.29, 1.82) is 0 Å². The minimum Gasteiger partial charge on any atom is -0.610 e. The molecule has 2 aromatic heterocycles. The Morgan fingerprint density at radius 2 is 1.84 bits per heavy atom. The molecule has 4 rings (SSSR count). The third-order valence-electron chi connectivity index (χ3n) is 5.30. The predicted molar refractivity (Wildman–Crippen MR) is 124 cm³/mol. The van der Waals surface area contributed by atoms with Crippen LogP contribution >= 0.6 is 0 Å². The average molecular weight is 449 g/mol. The zero-order valence-electron chi connectivity index (χ0n) is 17.9. The number of carbonyl (C=O) groups excluding carboxylic acids is 1. The molecule has 1 amide bonds. The number of benzene rings is 2. The molecular weight excluding hydrogens is 424 g/mol. The van der Waals surface area contributed by atoms with Gasteiger partial charge in [-0.2, -0.15) is 5.10 Å². The van der Waals surface area contributed by atoms with Crippen LogP contribution in [0, 0.1) is 0 Å². The number of aryl methyl sites for hydroxylation is 2. The molecule has 1 atom stereocenters. The zero-order valence-corrected chi connectivity index (χ0v) is 18.8. The Hall–Kier alpha value is -3.36. The van der Waals surface area contributed by atoms with E-state index in [2.05, 4.69) is 27.5 Å². The van der Waals surface area contributed by atoms with Gasteiger partial charge in [-0.15, -0.1) is 4.21 Å². The van der Waals surface area contributed by atoms with Crippen molar-refractivity contribution in [2.45, 2.75) is 17.7 Å². The second kappa shape index (κ2) is 9.02. The summed E-state index contributed by atoms with van der Waals surface area (Å²) >= 11 is 0. The molecule has 0 aliphatic rings. The summed E-state index contributed by atoms with van der Waals surface area (Å²) in [7, 11) is -1.52. The van der Waals surface area contributed by atoms with Crippen molar-refractivity contribution >= 4 is 27.2 Å². The average Bonchev–Trinajstić information content (AvgIpc) is 3.17. The van der Waals surface area contributed by atoms with Gasteiger partial charge in [-0.3, -0.25) is 9.48 Å². The van der Waals surface area contributed by atoms with E-state index in [1.165, 1.54) is 11.8 Å². The van der Waals surface area contributed by atoms with Crippen LogP contribution in [0.15, 0.2) is 71.8 Å². The van der Waals surface area contributed by atoms with Crippen LogP contribution in [-0.4, -0.2) is 38.0 Å². The van der Waals surface area contributed by atoms with Gasteiger partial charge in [-0.05, 0) is 48.7 Å². The largest absolute Gasteiger partial charge is 0.610 e. The van der Waals surface area contributed by atoms with Crippen molar-refractivity contribution in [3.8, 4) is 11.3 Å². The van der Waals surface area contributed by atoms with E-state index in [9.17, 15) is 13.6 Å². The molecule has 0 spiro atoms. The van der Waals surface area contributed by atoms with Gasteiger partial charge in [-0.1, -0.05) is 30.3 Å². The molecule has 4 aromatic rings. The van der Waals surface area contributed by atoms with Crippen molar-refractivity contribution in [1.82, 2.24) is 20.1 Å². The highest BCUT2D eigenvalue weighted by atomic mass is 32.3. The molecule has 2 heterocycles. The molecule has 0 aliphatic carbocycles. The summed E-state index contributed by atoms with van der Waals surface area (Å²) in [5, 5.41) is 7.92. The minimum absolute atomic E-state index is 0.188. The molecule has 0 radical (unpaired) electrons. The monoisotopic (exact) mass is 448 g/mol. The Morgan fingerprint density at radius 3 is 2.53 bits per heavy atom. The van der Waals surface area contributed by atoms with Gasteiger partial charge in [0.1, 0.15) is 6.26 Å². The maximum atomic E-state index is 13.0. The molecule has 7 nitrogen and oxygen atoms in total. The number of aromatic nitrogens is 3. The zero-order chi connectivity index (χ0) is 22.7. The van der Waals surface area contributed by atoms with E-state index in [4.69, 9.17) is 0 Å². The lowest BCUT2D eigenvalue weighted by molar-refractivity contribution is 0.0955. The third-order valence-corrected chi connectivity index (χ3v) is 6.43. The van der Waals surface area contributed by atoms with Crippen molar-refractivity contribution < 1.29 is 13.6 Å². The van der Waals surface area contributed by atoms with Gasteiger partial charge < -0.3 is 9.87 Å². The Kier molecular flexibility index (Phi) is 6.16. The van der Waals surface area contributed by atoms with Gasteiger partial charge in [-0.25, -0.2) is 4.98 Å². The summed E-state index contributed by atoms with van der Waals surface area (Å²) in [6.07, 6.45) is 4.52. The lowest BCUT2D eigenvalue weighted by atomic mass is 10.1. The molecule has 0 saturated heterocycles. The second-order valence-corrected chi connectivity index (χ2v) is 9.72. The molecule has 0 aliphatic heterocycles. The first kappa shape index (κ1) is 21.9. The highest BCUT2D eigenvalue weighted by Crippen LogP contribution is 2.26. The first-order valence-corrected chi connectivity index (χ1v) is 12.2. The van der Waals surface area contributed by atoms with Gasteiger partial charge in [0.15, 0.2) is 10.5 Å². The van der Waals surface area contributed by atoms with Crippen LogP contribution < -0.4 is 5.32 Å². The minimum atomic E-state index is -3.29. The van der Waals surface area contributed by atoms with Crippen molar-refractivity contribution in [3.63, 3.8) is 0 Å². The fourth-order valence-electron chi connectivity index (χ4n) is 3.56. The summed E-state index contributed by atoms with van der Waals surface area (Å²) in [5.74, 6) is -0.188. The van der Waals surface area contributed by atoms with Crippen molar-refractivity contribution in [2.75, 3.05) is 12.8 Å². The number of sulfone groups is 1. The molecule has 164 valence electrons.